The summed E-state index contributed by atoms with van der Waals surface area (Å²) in [6.45, 7) is 3.63. The van der Waals surface area contributed by atoms with Gasteiger partial charge in [-0.05, 0) is 62.8 Å². The monoisotopic (exact) mass is 331 g/mol. The van der Waals surface area contributed by atoms with Crippen LogP contribution in [0.2, 0.25) is 0 Å². The number of fused-ring (bicyclic) bond motifs is 1. The van der Waals surface area contributed by atoms with Gasteiger partial charge < -0.3 is 14.4 Å². The number of aryl methyl sites for hydroxylation is 1. The minimum atomic E-state index is -0.221. The van der Waals surface area contributed by atoms with Gasteiger partial charge in [-0.1, -0.05) is 0 Å². The van der Waals surface area contributed by atoms with Gasteiger partial charge in [0.1, 0.15) is 5.75 Å². The molecule has 5 nitrogen and oxygen atoms in total. The Balaban J connectivity index is 1.75. The Morgan fingerprint density at radius 2 is 2.17 bits per heavy atom. The molecule has 1 atom stereocenters. The third kappa shape index (κ3) is 3.71. The highest BCUT2D eigenvalue weighted by Gasteiger charge is 2.30. The predicted octanol–water partition coefficient (Wildman–Crippen LogP) is 2.96. The van der Waals surface area contributed by atoms with Crippen molar-refractivity contribution in [3.05, 3.63) is 29.3 Å². The standard InChI is InChI=1S/C19H25NO4/c1-2-23-18(21)13-16-7-3-4-10-20(16)19(22)15-8-9-17-14(12-15)6-5-11-24-17/h8-9,12,16H,2-7,10-11,13H2,1H3/t16-/m0/s1. The Hall–Kier alpha value is -2.04. The number of amides is 1. The summed E-state index contributed by atoms with van der Waals surface area (Å²) in [7, 11) is 0. The van der Waals surface area contributed by atoms with Crippen LogP contribution in [0.5, 0.6) is 5.75 Å². The summed E-state index contributed by atoms with van der Waals surface area (Å²) in [5.41, 5.74) is 1.79. The molecule has 24 heavy (non-hydrogen) atoms. The zero-order chi connectivity index (χ0) is 16.9. The van der Waals surface area contributed by atoms with Gasteiger partial charge in [0.15, 0.2) is 0 Å². The lowest BCUT2D eigenvalue weighted by molar-refractivity contribution is -0.144. The molecule has 2 heterocycles. The van der Waals surface area contributed by atoms with E-state index < -0.39 is 0 Å². The van der Waals surface area contributed by atoms with Gasteiger partial charge in [-0.3, -0.25) is 9.59 Å². The van der Waals surface area contributed by atoms with E-state index in [0.29, 0.717) is 18.7 Å². The number of likely N-dealkylation sites (tertiary alicyclic amines) is 1. The SMILES string of the molecule is CCOC(=O)C[C@@H]1CCCCN1C(=O)c1ccc2c(c1)CCCO2. The molecule has 0 N–H and O–H groups in total. The summed E-state index contributed by atoms with van der Waals surface area (Å²) >= 11 is 0. The smallest absolute Gasteiger partial charge is 0.307 e. The minimum absolute atomic E-state index is 0.0115. The van der Waals surface area contributed by atoms with Gasteiger partial charge in [-0.15, -0.1) is 0 Å². The summed E-state index contributed by atoms with van der Waals surface area (Å²) in [4.78, 5) is 26.7. The summed E-state index contributed by atoms with van der Waals surface area (Å²) in [6, 6.07) is 5.62. The molecular formula is C19H25NO4. The van der Waals surface area contributed by atoms with Gasteiger partial charge in [-0.25, -0.2) is 0 Å². The second-order valence-corrected chi connectivity index (χ2v) is 6.43. The highest BCUT2D eigenvalue weighted by Crippen LogP contribution is 2.28. The molecule has 2 aliphatic heterocycles. The maximum Gasteiger partial charge on any atom is 0.307 e. The molecular weight excluding hydrogens is 306 g/mol. The predicted molar refractivity (Wildman–Crippen MR) is 90.2 cm³/mol. The maximum absolute atomic E-state index is 13.0. The lowest BCUT2D eigenvalue weighted by Gasteiger charge is -2.35. The summed E-state index contributed by atoms with van der Waals surface area (Å²) < 4.78 is 10.7. The summed E-state index contributed by atoms with van der Waals surface area (Å²) in [6.07, 6.45) is 5.11. The third-order valence-electron chi connectivity index (χ3n) is 4.75. The number of carbonyl (C=O) groups is 2. The molecule has 0 unspecified atom stereocenters. The second kappa shape index (κ2) is 7.69. The molecule has 0 aliphatic carbocycles. The van der Waals surface area contributed by atoms with Crippen molar-refractivity contribution in [1.29, 1.82) is 0 Å². The van der Waals surface area contributed by atoms with E-state index >= 15 is 0 Å². The molecule has 0 saturated carbocycles. The van der Waals surface area contributed by atoms with E-state index in [0.717, 1.165) is 50.0 Å². The first-order valence-electron chi connectivity index (χ1n) is 8.91. The summed E-state index contributed by atoms with van der Waals surface area (Å²) in [5, 5.41) is 0. The number of carbonyl (C=O) groups excluding carboxylic acids is 2. The number of esters is 1. The molecule has 1 aromatic rings. The first-order chi connectivity index (χ1) is 11.7. The fourth-order valence-corrected chi connectivity index (χ4v) is 3.55. The maximum atomic E-state index is 13.0. The van der Waals surface area contributed by atoms with E-state index in [9.17, 15) is 9.59 Å². The molecule has 130 valence electrons. The minimum Gasteiger partial charge on any atom is -0.493 e. The molecule has 0 radical (unpaired) electrons. The lowest BCUT2D eigenvalue weighted by Crippen LogP contribution is -2.45. The van der Waals surface area contributed by atoms with Crippen LogP contribution in [-0.2, 0) is 16.0 Å². The topological polar surface area (TPSA) is 55.8 Å². The molecule has 1 aromatic carbocycles. The third-order valence-corrected chi connectivity index (χ3v) is 4.75. The van der Waals surface area contributed by atoms with E-state index in [2.05, 4.69) is 0 Å². The zero-order valence-electron chi connectivity index (χ0n) is 14.3. The van der Waals surface area contributed by atoms with Crippen LogP contribution in [0.15, 0.2) is 18.2 Å². The molecule has 2 aliphatic rings. The Bertz CT molecular complexity index is 613. The highest BCUT2D eigenvalue weighted by molar-refractivity contribution is 5.95. The Labute approximate surface area is 142 Å². The average molecular weight is 331 g/mol. The van der Waals surface area contributed by atoms with E-state index in [-0.39, 0.29) is 24.3 Å². The highest BCUT2D eigenvalue weighted by atomic mass is 16.5. The van der Waals surface area contributed by atoms with Gasteiger partial charge in [0, 0.05) is 18.2 Å². The quantitative estimate of drug-likeness (QED) is 0.796. The van der Waals surface area contributed by atoms with Crippen LogP contribution in [0.3, 0.4) is 0 Å². The van der Waals surface area contributed by atoms with Gasteiger partial charge >= 0.3 is 5.97 Å². The second-order valence-electron chi connectivity index (χ2n) is 6.43. The molecule has 1 fully saturated rings. The summed E-state index contributed by atoms with van der Waals surface area (Å²) in [5.74, 6) is 0.679. The molecule has 3 rings (SSSR count). The van der Waals surface area contributed by atoms with Crippen molar-refractivity contribution >= 4 is 11.9 Å². The van der Waals surface area contributed by atoms with E-state index in [1.54, 1.807) is 6.92 Å². The van der Waals surface area contributed by atoms with Crippen molar-refractivity contribution in [1.82, 2.24) is 4.90 Å². The van der Waals surface area contributed by atoms with Crippen molar-refractivity contribution in [2.24, 2.45) is 0 Å². The van der Waals surface area contributed by atoms with E-state index in [1.807, 2.05) is 23.1 Å². The van der Waals surface area contributed by atoms with Crippen LogP contribution in [0.25, 0.3) is 0 Å². The van der Waals surface area contributed by atoms with Gasteiger partial charge in [0.05, 0.1) is 19.6 Å². The van der Waals surface area contributed by atoms with E-state index in [1.165, 1.54) is 0 Å². The van der Waals surface area contributed by atoms with Crippen LogP contribution in [0.4, 0.5) is 0 Å². The molecule has 0 bridgehead atoms. The average Bonchev–Trinajstić information content (AvgIpc) is 2.61. The van der Waals surface area contributed by atoms with Crippen molar-refractivity contribution in [3.63, 3.8) is 0 Å². The molecule has 0 spiro atoms. The number of hydrogen-bond acceptors (Lipinski definition) is 4. The van der Waals surface area contributed by atoms with Crippen molar-refractivity contribution in [3.8, 4) is 5.75 Å². The fraction of sp³-hybridized carbons (Fsp3) is 0.579. The number of rotatable bonds is 4. The van der Waals surface area contributed by atoms with E-state index in [4.69, 9.17) is 9.47 Å². The normalized spacial score (nSPS) is 20.0. The largest absolute Gasteiger partial charge is 0.493 e. The van der Waals surface area contributed by atoms with Crippen LogP contribution in [-0.4, -0.2) is 42.6 Å². The van der Waals surface area contributed by atoms with Gasteiger partial charge in [0.2, 0.25) is 0 Å². The van der Waals surface area contributed by atoms with Crippen LogP contribution < -0.4 is 4.74 Å². The Morgan fingerprint density at radius 3 is 3.00 bits per heavy atom. The Kier molecular flexibility index (Phi) is 5.38. The van der Waals surface area contributed by atoms with Gasteiger partial charge in [0.25, 0.3) is 5.91 Å². The number of hydrogen-bond donors (Lipinski definition) is 0. The number of benzene rings is 1. The first-order valence-corrected chi connectivity index (χ1v) is 8.91. The van der Waals surface area contributed by atoms with Crippen LogP contribution in [0, 0.1) is 0 Å². The number of nitrogens with zero attached hydrogens (tertiary/aromatic N) is 1. The van der Waals surface area contributed by atoms with Crippen LogP contribution >= 0.6 is 0 Å². The van der Waals surface area contributed by atoms with Crippen molar-refractivity contribution in [2.45, 2.75) is 51.5 Å². The lowest BCUT2D eigenvalue weighted by atomic mass is 9.97. The van der Waals surface area contributed by atoms with Crippen LogP contribution in [0.1, 0.15) is 54.9 Å². The zero-order valence-corrected chi connectivity index (χ0v) is 14.3. The fourth-order valence-electron chi connectivity index (χ4n) is 3.55. The van der Waals surface area contributed by atoms with Gasteiger partial charge in [-0.2, -0.15) is 0 Å². The van der Waals surface area contributed by atoms with Crippen molar-refractivity contribution < 1.29 is 19.1 Å². The molecule has 0 aromatic heterocycles. The molecule has 5 heteroatoms. The number of ether oxygens (including phenoxy) is 2. The number of piperidine rings is 1. The molecule has 1 amide bonds. The Morgan fingerprint density at radius 1 is 1.29 bits per heavy atom. The first kappa shape index (κ1) is 16.8. The van der Waals surface area contributed by atoms with Crippen molar-refractivity contribution in [2.75, 3.05) is 19.8 Å². The molecule has 1 saturated heterocycles.